The Morgan fingerprint density at radius 1 is 1.04 bits per heavy atom. The quantitative estimate of drug-likeness (QED) is 0.856. The Morgan fingerprint density at radius 2 is 1.68 bits per heavy atom. The fourth-order valence-electron chi connectivity index (χ4n) is 3.74. The third-order valence-corrected chi connectivity index (χ3v) is 5.64. The summed E-state index contributed by atoms with van der Waals surface area (Å²) in [6.07, 6.45) is 1.21. The fourth-order valence-corrected chi connectivity index (χ4v) is 3.74. The van der Waals surface area contributed by atoms with Crippen LogP contribution in [0.1, 0.15) is 34.8 Å². The highest BCUT2D eigenvalue weighted by molar-refractivity contribution is 5.98. The summed E-state index contributed by atoms with van der Waals surface area (Å²) in [4.78, 5) is 38.2. The van der Waals surface area contributed by atoms with Gasteiger partial charge in [0.05, 0.1) is 0 Å². The van der Waals surface area contributed by atoms with Gasteiger partial charge in [-0.1, -0.05) is 31.2 Å². The Bertz CT molecular complexity index is 938. The first-order valence-corrected chi connectivity index (χ1v) is 9.45. The summed E-state index contributed by atoms with van der Waals surface area (Å²) < 4.78 is 0. The van der Waals surface area contributed by atoms with Crippen molar-refractivity contribution in [3.05, 3.63) is 65.2 Å². The topological polar surface area (TPSA) is 86.7 Å². The number of carboxylic acids is 1. The normalized spacial score (nSPS) is 22.9. The van der Waals surface area contributed by atoms with Gasteiger partial charge in [-0.3, -0.25) is 9.59 Å². The molecular formula is C22H22N2O4. The summed E-state index contributed by atoms with van der Waals surface area (Å²) in [5.74, 6) is -0.826. The van der Waals surface area contributed by atoms with E-state index in [1.807, 2.05) is 31.2 Å². The highest BCUT2D eigenvalue weighted by Crippen LogP contribution is 2.38. The molecule has 6 nitrogen and oxygen atoms in total. The highest BCUT2D eigenvalue weighted by Gasteiger charge is 2.39. The van der Waals surface area contributed by atoms with E-state index in [0.717, 1.165) is 17.5 Å². The minimum Gasteiger partial charge on any atom is -0.480 e. The van der Waals surface area contributed by atoms with Crippen molar-refractivity contribution in [2.75, 3.05) is 5.32 Å². The molecule has 0 radical (unpaired) electrons. The lowest BCUT2D eigenvalue weighted by molar-refractivity contribution is -0.142. The third-order valence-electron chi connectivity index (χ3n) is 5.64. The van der Waals surface area contributed by atoms with Gasteiger partial charge in [0.25, 0.3) is 5.91 Å². The molecule has 3 atom stereocenters. The number of hydrogen-bond donors (Lipinski definition) is 2. The zero-order valence-electron chi connectivity index (χ0n) is 15.6. The molecule has 2 N–H and O–H groups in total. The number of carbonyl (C=O) groups is 3. The molecule has 2 aromatic carbocycles. The first kappa shape index (κ1) is 18.2. The molecule has 2 amide bonds. The van der Waals surface area contributed by atoms with Gasteiger partial charge < -0.3 is 15.3 Å². The number of aliphatic carboxylic acids is 1. The molecule has 144 valence electrons. The summed E-state index contributed by atoms with van der Waals surface area (Å²) in [6, 6.07) is 13.3. The molecule has 0 spiro atoms. The van der Waals surface area contributed by atoms with E-state index in [1.165, 1.54) is 4.90 Å². The Kier molecular flexibility index (Phi) is 4.63. The van der Waals surface area contributed by atoms with Crippen LogP contribution in [0.25, 0.3) is 0 Å². The van der Waals surface area contributed by atoms with Crippen LogP contribution in [0.3, 0.4) is 0 Å². The second-order valence-corrected chi connectivity index (χ2v) is 7.65. The van der Waals surface area contributed by atoms with Crippen LogP contribution in [0, 0.1) is 11.8 Å². The first-order chi connectivity index (χ1) is 13.4. The van der Waals surface area contributed by atoms with Crippen LogP contribution in [0.4, 0.5) is 5.69 Å². The number of carbonyl (C=O) groups excluding carboxylic acids is 2. The van der Waals surface area contributed by atoms with E-state index < -0.39 is 12.0 Å². The first-order valence-electron chi connectivity index (χ1n) is 9.45. The third kappa shape index (κ3) is 3.50. The number of carboxylic acid groups (broad SMARTS) is 1. The van der Waals surface area contributed by atoms with Crippen molar-refractivity contribution in [1.82, 2.24) is 4.90 Å². The summed E-state index contributed by atoms with van der Waals surface area (Å²) >= 11 is 0. The van der Waals surface area contributed by atoms with Crippen molar-refractivity contribution >= 4 is 23.5 Å². The van der Waals surface area contributed by atoms with E-state index in [9.17, 15) is 19.5 Å². The van der Waals surface area contributed by atoms with Crippen molar-refractivity contribution in [3.8, 4) is 0 Å². The van der Waals surface area contributed by atoms with Gasteiger partial charge >= 0.3 is 5.97 Å². The van der Waals surface area contributed by atoms with Crippen molar-refractivity contribution in [1.29, 1.82) is 0 Å². The van der Waals surface area contributed by atoms with E-state index in [2.05, 4.69) is 5.32 Å². The molecule has 0 bridgehead atoms. The van der Waals surface area contributed by atoms with Gasteiger partial charge in [-0.25, -0.2) is 4.79 Å². The molecule has 2 aliphatic rings. The van der Waals surface area contributed by atoms with E-state index >= 15 is 0 Å². The average molecular weight is 378 g/mol. The maximum absolute atomic E-state index is 13.0. The maximum atomic E-state index is 13.0. The van der Waals surface area contributed by atoms with Crippen LogP contribution in [0.5, 0.6) is 0 Å². The van der Waals surface area contributed by atoms with Crippen LogP contribution in [0.15, 0.2) is 48.5 Å². The van der Waals surface area contributed by atoms with E-state index in [1.54, 1.807) is 24.3 Å². The number of hydrogen-bond acceptors (Lipinski definition) is 3. The lowest BCUT2D eigenvalue weighted by Gasteiger charge is -2.34. The Hall–Kier alpha value is -3.15. The maximum Gasteiger partial charge on any atom is 0.326 e. The van der Waals surface area contributed by atoms with E-state index in [4.69, 9.17) is 0 Å². The second-order valence-electron chi connectivity index (χ2n) is 7.65. The molecule has 1 saturated carbocycles. The number of fused-ring (bicyclic) bond motifs is 1. The zero-order chi connectivity index (χ0) is 19.8. The molecule has 4 rings (SSSR count). The highest BCUT2D eigenvalue weighted by atomic mass is 16.4. The van der Waals surface area contributed by atoms with Gasteiger partial charge in [-0.15, -0.1) is 0 Å². The Balaban J connectivity index is 1.51. The Morgan fingerprint density at radius 3 is 2.29 bits per heavy atom. The van der Waals surface area contributed by atoms with Crippen molar-refractivity contribution in [2.45, 2.75) is 32.4 Å². The second kappa shape index (κ2) is 7.11. The standard InChI is InChI=1S/C22H22N2O4/c1-13-10-18(13)20(25)23-17-8-6-14(7-9-17)21(26)24-12-16-5-3-2-4-15(16)11-19(24)22(27)28/h2-9,13,18-19H,10-12H2,1H3,(H,23,25)(H,27,28). The molecule has 1 aliphatic carbocycles. The lowest BCUT2D eigenvalue weighted by atomic mass is 9.93. The number of rotatable bonds is 4. The molecule has 1 fully saturated rings. The number of anilines is 1. The molecule has 0 saturated heterocycles. The van der Waals surface area contributed by atoms with E-state index in [0.29, 0.717) is 23.6 Å². The summed E-state index contributed by atoms with van der Waals surface area (Å²) in [6.45, 7) is 2.31. The smallest absolute Gasteiger partial charge is 0.326 e. The number of benzene rings is 2. The number of nitrogens with zero attached hydrogens (tertiary/aromatic N) is 1. The lowest BCUT2D eigenvalue weighted by Crippen LogP contribution is -2.48. The minimum absolute atomic E-state index is 0.00477. The molecular weight excluding hydrogens is 356 g/mol. The summed E-state index contributed by atoms with van der Waals surface area (Å²) in [5, 5.41) is 12.5. The van der Waals surface area contributed by atoms with Crippen LogP contribution in [-0.2, 0) is 22.6 Å². The van der Waals surface area contributed by atoms with Crippen LogP contribution >= 0.6 is 0 Å². The predicted molar refractivity (Wildman–Crippen MR) is 104 cm³/mol. The van der Waals surface area contributed by atoms with Gasteiger partial charge in [-0.05, 0) is 47.7 Å². The molecule has 0 aromatic heterocycles. The summed E-state index contributed by atoms with van der Waals surface area (Å²) in [7, 11) is 0. The van der Waals surface area contributed by atoms with Crippen molar-refractivity contribution in [2.24, 2.45) is 11.8 Å². The van der Waals surface area contributed by atoms with Crippen LogP contribution in [0.2, 0.25) is 0 Å². The van der Waals surface area contributed by atoms with Crippen LogP contribution < -0.4 is 5.32 Å². The molecule has 1 aliphatic heterocycles. The average Bonchev–Trinajstić information content (AvgIpc) is 3.44. The van der Waals surface area contributed by atoms with Gasteiger partial charge in [0.15, 0.2) is 0 Å². The van der Waals surface area contributed by atoms with E-state index in [-0.39, 0.29) is 24.3 Å². The molecule has 2 aromatic rings. The van der Waals surface area contributed by atoms with Crippen molar-refractivity contribution < 1.29 is 19.5 Å². The van der Waals surface area contributed by atoms with Crippen LogP contribution in [-0.4, -0.2) is 33.8 Å². The monoisotopic (exact) mass is 378 g/mol. The SMILES string of the molecule is CC1CC1C(=O)Nc1ccc(C(=O)N2Cc3ccccc3CC2C(=O)O)cc1. The Labute approximate surface area is 163 Å². The summed E-state index contributed by atoms with van der Waals surface area (Å²) in [5.41, 5.74) is 2.98. The zero-order valence-corrected chi connectivity index (χ0v) is 15.6. The molecule has 6 heteroatoms. The predicted octanol–water partition coefficient (Wildman–Crippen LogP) is 2.93. The largest absolute Gasteiger partial charge is 0.480 e. The number of amides is 2. The van der Waals surface area contributed by atoms with Gasteiger partial charge in [0, 0.05) is 30.1 Å². The molecule has 28 heavy (non-hydrogen) atoms. The van der Waals surface area contributed by atoms with Gasteiger partial charge in [0.1, 0.15) is 6.04 Å². The minimum atomic E-state index is -1.01. The van der Waals surface area contributed by atoms with Gasteiger partial charge in [-0.2, -0.15) is 0 Å². The molecule has 3 unspecified atom stereocenters. The van der Waals surface area contributed by atoms with Crippen molar-refractivity contribution in [3.63, 3.8) is 0 Å². The molecule has 1 heterocycles. The fraction of sp³-hybridized carbons (Fsp3) is 0.318. The van der Waals surface area contributed by atoms with Gasteiger partial charge in [0.2, 0.25) is 5.91 Å². The number of nitrogens with one attached hydrogen (secondary N) is 1.